The molecule has 1 unspecified atom stereocenters. The summed E-state index contributed by atoms with van der Waals surface area (Å²) in [7, 11) is 0. The monoisotopic (exact) mass is 265 g/mol. The van der Waals surface area contributed by atoms with Crippen LogP contribution in [0.25, 0.3) is 0 Å². The Bertz CT molecular complexity index is 473. The Kier molecular flexibility index (Phi) is 3.90. The quantitative estimate of drug-likeness (QED) is 0.888. The first-order chi connectivity index (χ1) is 8.90. The number of piperidine rings is 1. The van der Waals surface area contributed by atoms with Crippen molar-refractivity contribution in [2.45, 2.75) is 32.8 Å². The molecule has 1 fully saturated rings. The molecule has 4 heteroatoms. The summed E-state index contributed by atoms with van der Waals surface area (Å²) in [4.78, 5) is 13.8. The topological polar surface area (TPSA) is 40.5 Å². The number of benzene rings is 1. The van der Waals surface area contributed by atoms with Crippen molar-refractivity contribution >= 4 is 5.91 Å². The molecular weight excluding hydrogens is 245 g/mol. The first kappa shape index (κ1) is 14.0. The molecule has 3 nitrogen and oxygen atoms in total. The van der Waals surface area contributed by atoms with Crippen LogP contribution >= 0.6 is 0 Å². The Morgan fingerprint density at radius 1 is 1.47 bits per heavy atom. The number of aliphatic hydroxyl groups excluding tert-OH is 1. The number of rotatable bonds is 2. The highest BCUT2D eigenvalue weighted by molar-refractivity contribution is 5.79. The second-order valence-corrected chi connectivity index (χ2v) is 5.86. The zero-order valence-electron chi connectivity index (χ0n) is 11.4. The molecule has 0 spiro atoms. The largest absolute Gasteiger partial charge is 0.391 e. The van der Waals surface area contributed by atoms with E-state index in [2.05, 4.69) is 0 Å². The lowest BCUT2D eigenvalue weighted by molar-refractivity contribution is -0.137. The molecular formula is C15H20FNO2. The smallest absolute Gasteiger partial charge is 0.227 e. The number of amides is 1. The van der Waals surface area contributed by atoms with E-state index >= 15 is 0 Å². The highest BCUT2D eigenvalue weighted by Gasteiger charge is 2.35. The molecule has 2 rings (SSSR count). The SMILES string of the molecule is CC1(C)CCN(C(=O)Cc2ccccc2F)CC1O. The number of carbonyl (C=O) groups is 1. The molecule has 1 aromatic carbocycles. The number of hydrogen-bond acceptors (Lipinski definition) is 2. The summed E-state index contributed by atoms with van der Waals surface area (Å²) in [5, 5.41) is 10.0. The van der Waals surface area contributed by atoms with Crippen molar-refractivity contribution in [2.24, 2.45) is 5.41 Å². The normalized spacial score (nSPS) is 22.3. The predicted octanol–water partition coefficient (Wildman–Crippen LogP) is 1.99. The molecule has 0 saturated carbocycles. The molecule has 1 atom stereocenters. The second kappa shape index (κ2) is 5.29. The highest BCUT2D eigenvalue weighted by Crippen LogP contribution is 2.30. The van der Waals surface area contributed by atoms with Crippen LogP contribution in [0.4, 0.5) is 4.39 Å². The van der Waals surface area contributed by atoms with Gasteiger partial charge in [-0.2, -0.15) is 0 Å². The summed E-state index contributed by atoms with van der Waals surface area (Å²) in [6, 6.07) is 6.31. The van der Waals surface area contributed by atoms with Crippen molar-refractivity contribution in [1.29, 1.82) is 0 Å². The van der Waals surface area contributed by atoms with E-state index in [0.717, 1.165) is 6.42 Å². The number of β-amino-alcohol motifs (C(OH)–C–C–N with tert-alkyl or cyclic N) is 1. The van der Waals surface area contributed by atoms with Crippen LogP contribution in [0.1, 0.15) is 25.8 Å². The average molecular weight is 265 g/mol. The highest BCUT2D eigenvalue weighted by atomic mass is 19.1. The van der Waals surface area contributed by atoms with Gasteiger partial charge in [0.1, 0.15) is 5.82 Å². The van der Waals surface area contributed by atoms with E-state index in [4.69, 9.17) is 0 Å². The van der Waals surface area contributed by atoms with E-state index in [9.17, 15) is 14.3 Å². The zero-order chi connectivity index (χ0) is 14.0. The van der Waals surface area contributed by atoms with Crippen LogP contribution in [0.15, 0.2) is 24.3 Å². The van der Waals surface area contributed by atoms with Crippen LogP contribution in [-0.2, 0) is 11.2 Å². The van der Waals surface area contributed by atoms with Gasteiger partial charge < -0.3 is 10.0 Å². The molecule has 19 heavy (non-hydrogen) atoms. The number of nitrogens with zero attached hydrogens (tertiary/aromatic N) is 1. The first-order valence-corrected chi connectivity index (χ1v) is 6.59. The minimum absolute atomic E-state index is 0.0554. The fourth-order valence-electron chi connectivity index (χ4n) is 2.28. The van der Waals surface area contributed by atoms with Crippen LogP contribution < -0.4 is 0 Å². The lowest BCUT2D eigenvalue weighted by Crippen LogP contribution is -2.50. The van der Waals surface area contributed by atoms with Crippen molar-refractivity contribution in [2.75, 3.05) is 13.1 Å². The third-order valence-electron chi connectivity index (χ3n) is 3.97. The van der Waals surface area contributed by atoms with E-state index in [0.29, 0.717) is 18.7 Å². The van der Waals surface area contributed by atoms with Gasteiger partial charge in [-0.1, -0.05) is 32.0 Å². The minimum Gasteiger partial charge on any atom is -0.391 e. The van der Waals surface area contributed by atoms with E-state index in [-0.39, 0.29) is 23.6 Å². The van der Waals surface area contributed by atoms with Crippen LogP contribution in [0, 0.1) is 11.2 Å². The fourth-order valence-corrected chi connectivity index (χ4v) is 2.28. The molecule has 0 aliphatic carbocycles. The summed E-state index contributed by atoms with van der Waals surface area (Å²) < 4.78 is 13.5. The Balaban J connectivity index is 2.00. The van der Waals surface area contributed by atoms with E-state index in [1.165, 1.54) is 6.07 Å². The number of hydrogen-bond donors (Lipinski definition) is 1. The van der Waals surface area contributed by atoms with Gasteiger partial charge in [-0.3, -0.25) is 4.79 Å². The summed E-state index contributed by atoms with van der Waals surface area (Å²) in [6.45, 7) is 4.95. The third-order valence-corrected chi connectivity index (χ3v) is 3.97. The van der Waals surface area contributed by atoms with Crippen molar-refractivity contribution in [3.8, 4) is 0 Å². The Morgan fingerprint density at radius 3 is 2.79 bits per heavy atom. The number of aliphatic hydroxyl groups is 1. The average Bonchev–Trinajstić information content (AvgIpc) is 2.35. The Morgan fingerprint density at radius 2 is 2.16 bits per heavy atom. The van der Waals surface area contributed by atoms with Crippen molar-refractivity contribution < 1.29 is 14.3 Å². The molecule has 0 bridgehead atoms. The molecule has 1 aliphatic heterocycles. The molecule has 0 aromatic heterocycles. The van der Waals surface area contributed by atoms with Crippen molar-refractivity contribution in [3.05, 3.63) is 35.6 Å². The van der Waals surface area contributed by atoms with Gasteiger partial charge in [-0.15, -0.1) is 0 Å². The fraction of sp³-hybridized carbons (Fsp3) is 0.533. The standard InChI is InChI=1S/C15H20FNO2/c1-15(2)7-8-17(10-13(15)18)14(19)9-11-5-3-4-6-12(11)16/h3-6,13,18H,7-10H2,1-2H3. The van der Waals surface area contributed by atoms with Crippen molar-refractivity contribution in [1.82, 2.24) is 4.90 Å². The molecule has 1 aromatic rings. The van der Waals surface area contributed by atoms with Gasteiger partial charge >= 0.3 is 0 Å². The molecule has 1 saturated heterocycles. The molecule has 1 aliphatic rings. The summed E-state index contributed by atoms with van der Waals surface area (Å²) in [5.74, 6) is -0.478. The van der Waals surface area contributed by atoms with Gasteiger partial charge in [-0.05, 0) is 23.5 Å². The Hall–Kier alpha value is -1.42. The maximum absolute atomic E-state index is 13.5. The zero-order valence-corrected chi connectivity index (χ0v) is 11.4. The maximum Gasteiger partial charge on any atom is 0.227 e. The minimum atomic E-state index is -0.522. The number of halogens is 1. The molecule has 0 radical (unpaired) electrons. The number of likely N-dealkylation sites (tertiary alicyclic amines) is 1. The molecule has 1 N–H and O–H groups in total. The van der Waals surface area contributed by atoms with Gasteiger partial charge in [0.15, 0.2) is 0 Å². The lowest BCUT2D eigenvalue weighted by atomic mass is 9.80. The summed E-state index contributed by atoms with van der Waals surface area (Å²) in [5.41, 5.74) is 0.251. The van der Waals surface area contributed by atoms with Crippen molar-refractivity contribution in [3.63, 3.8) is 0 Å². The predicted molar refractivity (Wildman–Crippen MR) is 71.1 cm³/mol. The summed E-state index contributed by atoms with van der Waals surface area (Å²) in [6.07, 6.45) is 0.294. The lowest BCUT2D eigenvalue weighted by Gasteiger charge is -2.41. The van der Waals surface area contributed by atoms with Crippen LogP contribution in [-0.4, -0.2) is 35.1 Å². The maximum atomic E-state index is 13.5. The number of carbonyl (C=O) groups excluding carboxylic acids is 1. The van der Waals surface area contributed by atoms with E-state index in [1.807, 2.05) is 13.8 Å². The van der Waals surface area contributed by atoms with Crippen LogP contribution in [0.2, 0.25) is 0 Å². The van der Waals surface area contributed by atoms with Gasteiger partial charge in [0.25, 0.3) is 0 Å². The summed E-state index contributed by atoms with van der Waals surface area (Å²) >= 11 is 0. The van der Waals surface area contributed by atoms with Crippen LogP contribution in [0.5, 0.6) is 0 Å². The van der Waals surface area contributed by atoms with Crippen LogP contribution in [0.3, 0.4) is 0 Å². The molecule has 1 heterocycles. The van der Waals surface area contributed by atoms with E-state index in [1.54, 1.807) is 23.1 Å². The second-order valence-electron chi connectivity index (χ2n) is 5.86. The molecule has 104 valence electrons. The van der Waals surface area contributed by atoms with Gasteiger partial charge in [0.05, 0.1) is 12.5 Å². The third kappa shape index (κ3) is 3.13. The van der Waals surface area contributed by atoms with Gasteiger partial charge in [0.2, 0.25) is 5.91 Å². The van der Waals surface area contributed by atoms with Gasteiger partial charge in [-0.25, -0.2) is 4.39 Å². The van der Waals surface area contributed by atoms with E-state index < -0.39 is 6.10 Å². The molecule has 1 amide bonds. The first-order valence-electron chi connectivity index (χ1n) is 6.59. The van der Waals surface area contributed by atoms with Gasteiger partial charge in [0, 0.05) is 13.1 Å². The Labute approximate surface area is 113 Å².